The van der Waals surface area contributed by atoms with Crippen LogP contribution in [0.2, 0.25) is 0 Å². The Kier molecular flexibility index (Phi) is 6.51. The van der Waals surface area contributed by atoms with Crippen molar-refractivity contribution >= 4 is 11.4 Å². The van der Waals surface area contributed by atoms with Gasteiger partial charge < -0.3 is 16.2 Å². The van der Waals surface area contributed by atoms with E-state index in [0.29, 0.717) is 6.61 Å². The number of rotatable bonds is 9. The van der Waals surface area contributed by atoms with Crippen molar-refractivity contribution in [3.63, 3.8) is 0 Å². The van der Waals surface area contributed by atoms with Crippen molar-refractivity contribution in [3.05, 3.63) is 66.7 Å². The third-order valence-electron chi connectivity index (χ3n) is 3.64. The Morgan fingerprint density at radius 2 is 1.52 bits per heavy atom. The van der Waals surface area contributed by atoms with Crippen molar-refractivity contribution in [2.24, 2.45) is 0 Å². The third-order valence-corrected chi connectivity index (χ3v) is 3.64. The minimum Gasteiger partial charge on any atom is -0.492 e. The molecule has 0 unspecified atom stereocenters. The van der Waals surface area contributed by atoms with Crippen molar-refractivity contribution < 1.29 is 4.74 Å². The zero-order chi connectivity index (χ0) is 16.5. The van der Waals surface area contributed by atoms with Gasteiger partial charge in [-0.1, -0.05) is 18.2 Å². The number of benzene rings is 2. The van der Waals surface area contributed by atoms with Gasteiger partial charge in [0.25, 0.3) is 0 Å². The molecule has 122 valence electrons. The highest BCUT2D eigenvalue weighted by Crippen LogP contribution is 2.13. The Hall–Kier alpha value is -2.46. The van der Waals surface area contributed by atoms with Crippen LogP contribution >= 0.6 is 0 Å². The number of hydrogen-bond donors (Lipinski definition) is 2. The fraction of sp³-hybridized carbons (Fsp3) is 0.263. The Labute approximate surface area is 138 Å². The van der Waals surface area contributed by atoms with Crippen molar-refractivity contribution in [1.29, 1.82) is 0 Å². The van der Waals surface area contributed by atoms with Gasteiger partial charge in [-0.15, -0.1) is 6.58 Å². The summed E-state index contributed by atoms with van der Waals surface area (Å²) in [5.74, 6) is 0.844. The summed E-state index contributed by atoms with van der Waals surface area (Å²) in [6.45, 7) is 7.13. The van der Waals surface area contributed by atoms with Crippen molar-refractivity contribution in [1.82, 2.24) is 4.90 Å². The van der Waals surface area contributed by atoms with E-state index in [1.165, 1.54) is 5.56 Å². The van der Waals surface area contributed by atoms with E-state index in [-0.39, 0.29) is 0 Å². The van der Waals surface area contributed by atoms with Crippen LogP contribution in [0.4, 0.5) is 11.4 Å². The van der Waals surface area contributed by atoms with E-state index in [0.717, 1.165) is 43.2 Å². The molecular formula is C19H25N3O. The van der Waals surface area contributed by atoms with Gasteiger partial charge in [-0.05, 0) is 48.4 Å². The summed E-state index contributed by atoms with van der Waals surface area (Å²) in [6.07, 6.45) is 2.90. The molecular weight excluding hydrogens is 286 g/mol. The second-order valence-electron chi connectivity index (χ2n) is 5.50. The first-order valence-electron chi connectivity index (χ1n) is 7.83. The maximum atomic E-state index is 5.76. The van der Waals surface area contributed by atoms with Gasteiger partial charge in [-0.3, -0.25) is 4.90 Å². The fourth-order valence-electron chi connectivity index (χ4n) is 2.31. The van der Waals surface area contributed by atoms with Gasteiger partial charge in [0.15, 0.2) is 0 Å². The first-order chi connectivity index (χ1) is 11.2. The zero-order valence-corrected chi connectivity index (χ0v) is 13.4. The van der Waals surface area contributed by atoms with Gasteiger partial charge in [0.1, 0.15) is 12.4 Å². The number of nitrogen functional groups attached to an aromatic ring is 2. The van der Waals surface area contributed by atoms with Crippen LogP contribution in [0.5, 0.6) is 5.75 Å². The minimum atomic E-state index is 0.638. The van der Waals surface area contributed by atoms with Crippen molar-refractivity contribution in [2.75, 3.05) is 37.7 Å². The van der Waals surface area contributed by atoms with E-state index in [1.807, 2.05) is 42.5 Å². The van der Waals surface area contributed by atoms with Gasteiger partial charge >= 0.3 is 0 Å². The predicted octanol–water partition coefficient (Wildman–Crippen LogP) is 2.96. The second-order valence-corrected chi connectivity index (χ2v) is 5.50. The normalized spacial score (nSPS) is 10.7. The monoisotopic (exact) mass is 311 g/mol. The lowest BCUT2D eigenvalue weighted by molar-refractivity contribution is 0.224. The quantitative estimate of drug-likeness (QED) is 0.552. The molecule has 0 saturated heterocycles. The molecule has 0 bridgehead atoms. The number of hydrogen-bond acceptors (Lipinski definition) is 4. The molecule has 0 atom stereocenters. The zero-order valence-electron chi connectivity index (χ0n) is 13.4. The molecule has 2 aromatic carbocycles. The van der Waals surface area contributed by atoms with E-state index in [1.54, 1.807) is 0 Å². The van der Waals surface area contributed by atoms with Gasteiger partial charge in [0.2, 0.25) is 0 Å². The first kappa shape index (κ1) is 16.9. The average molecular weight is 311 g/mol. The Morgan fingerprint density at radius 1 is 0.913 bits per heavy atom. The Balaban J connectivity index is 1.77. The molecule has 0 aromatic heterocycles. The predicted molar refractivity (Wildman–Crippen MR) is 97.5 cm³/mol. The molecule has 0 saturated carbocycles. The molecule has 4 N–H and O–H groups in total. The summed E-state index contributed by atoms with van der Waals surface area (Å²) in [4.78, 5) is 2.32. The molecule has 0 aliphatic carbocycles. The lowest BCUT2D eigenvalue weighted by atomic mass is 10.1. The largest absolute Gasteiger partial charge is 0.492 e. The molecule has 0 aliphatic rings. The van der Waals surface area contributed by atoms with Crippen molar-refractivity contribution in [2.45, 2.75) is 6.42 Å². The van der Waals surface area contributed by atoms with Crippen LogP contribution in [0, 0.1) is 0 Å². The standard InChI is InChI=1S/C19H25N3O/c1-2-12-22(13-11-16-3-5-17(20)6-4-16)14-15-23-19-9-7-18(21)8-10-19/h2-10H,1,11-15,20-21H2. The SMILES string of the molecule is C=CCN(CCOc1ccc(N)cc1)CCc1ccc(N)cc1. The van der Waals surface area contributed by atoms with Crippen LogP contribution in [-0.4, -0.2) is 31.1 Å². The van der Waals surface area contributed by atoms with Gasteiger partial charge in [0.05, 0.1) is 0 Å². The van der Waals surface area contributed by atoms with Crippen LogP contribution in [0.3, 0.4) is 0 Å². The minimum absolute atomic E-state index is 0.638. The summed E-state index contributed by atoms with van der Waals surface area (Å²) < 4.78 is 5.76. The third kappa shape index (κ3) is 6.04. The highest BCUT2D eigenvalue weighted by molar-refractivity contribution is 5.41. The number of nitrogens with zero attached hydrogens (tertiary/aromatic N) is 1. The molecule has 4 heteroatoms. The summed E-state index contributed by atoms with van der Waals surface area (Å²) >= 11 is 0. The summed E-state index contributed by atoms with van der Waals surface area (Å²) in [7, 11) is 0. The maximum Gasteiger partial charge on any atom is 0.119 e. The molecule has 0 fully saturated rings. The second kappa shape index (κ2) is 8.86. The molecule has 4 nitrogen and oxygen atoms in total. The number of ether oxygens (including phenoxy) is 1. The molecule has 0 radical (unpaired) electrons. The molecule has 2 aromatic rings. The van der Waals surface area contributed by atoms with Gasteiger partial charge in [-0.2, -0.15) is 0 Å². The summed E-state index contributed by atoms with van der Waals surface area (Å²) in [6, 6.07) is 15.5. The van der Waals surface area contributed by atoms with Crippen LogP contribution in [0.15, 0.2) is 61.2 Å². The average Bonchev–Trinajstić information content (AvgIpc) is 2.56. The fourth-order valence-corrected chi connectivity index (χ4v) is 2.31. The summed E-state index contributed by atoms with van der Waals surface area (Å²) in [5.41, 5.74) is 14.2. The molecule has 0 aliphatic heterocycles. The highest BCUT2D eigenvalue weighted by atomic mass is 16.5. The molecule has 2 rings (SSSR count). The topological polar surface area (TPSA) is 64.5 Å². The molecule has 0 spiro atoms. The van der Waals surface area contributed by atoms with E-state index in [9.17, 15) is 0 Å². The van der Waals surface area contributed by atoms with E-state index in [2.05, 4.69) is 23.6 Å². The van der Waals surface area contributed by atoms with Gasteiger partial charge in [0, 0.05) is 31.0 Å². The Bertz CT molecular complexity index is 593. The molecule has 0 amide bonds. The van der Waals surface area contributed by atoms with Crippen LogP contribution < -0.4 is 16.2 Å². The smallest absolute Gasteiger partial charge is 0.119 e. The van der Waals surface area contributed by atoms with E-state index >= 15 is 0 Å². The van der Waals surface area contributed by atoms with Crippen molar-refractivity contribution in [3.8, 4) is 5.75 Å². The number of anilines is 2. The lowest BCUT2D eigenvalue weighted by Gasteiger charge is -2.21. The molecule has 23 heavy (non-hydrogen) atoms. The van der Waals surface area contributed by atoms with Crippen LogP contribution in [0.25, 0.3) is 0 Å². The lowest BCUT2D eigenvalue weighted by Crippen LogP contribution is -2.30. The Morgan fingerprint density at radius 3 is 2.13 bits per heavy atom. The highest BCUT2D eigenvalue weighted by Gasteiger charge is 2.04. The molecule has 0 heterocycles. The van der Waals surface area contributed by atoms with E-state index in [4.69, 9.17) is 16.2 Å². The summed E-state index contributed by atoms with van der Waals surface area (Å²) in [5, 5.41) is 0. The van der Waals surface area contributed by atoms with Crippen LogP contribution in [0.1, 0.15) is 5.56 Å². The van der Waals surface area contributed by atoms with Crippen LogP contribution in [-0.2, 0) is 6.42 Å². The van der Waals surface area contributed by atoms with Gasteiger partial charge in [-0.25, -0.2) is 0 Å². The van der Waals surface area contributed by atoms with E-state index < -0.39 is 0 Å². The maximum absolute atomic E-state index is 5.76. The number of nitrogens with two attached hydrogens (primary N) is 2. The first-order valence-corrected chi connectivity index (χ1v) is 7.83.